The molecule has 0 spiro atoms. The number of hydrogen-bond donors (Lipinski definition) is 1. The van der Waals surface area contributed by atoms with Crippen LogP contribution in [0.1, 0.15) is 17.2 Å². The maximum Gasteiger partial charge on any atom is 0.224 e. The van der Waals surface area contributed by atoms with Crippen molar-refractivity contribution in [2.75, 3.05) is 40.0 Å². The van der Waals surface area contributed by atoms with Gasteiger partial charge in [-0.1, -0.05) is 48.0 Å². The summed E-state index contributed by atoms with van der Waals surface area (Å²) in [5, 5.41) is 3.79. The van der Waals surface area contributed by atoms with Crippen LogP contribution in [-0.2, 0) is 16.0 Å². The van der Waals surface area contributed by atoms with E-state index < -0.39 is 0 Å². The van der Waals surface area contributed by atoms with Crippen LogP contribution in [0, 0.1) is 0 Å². The summed E-state index contributed by atoms with van der Waals surface area (Å²) < 4.78 is 10.8. The molecule has 3 rings (SSSR count). The van der Waals surface area contributed by atoms with Gasteiger partial charge in [0.1, 0.15) is 5.75 Å². The number of benzene rings is 2. The second kappa shape index (κ2) is 9.74. The number of para-hydroxylation sites is 1. The van der Waals surface area contributed by atoms with Crippen LogP contribution in [0.2, 0.25) is 5.02 Å². The van der Waals surface area contributed by atoms with Crippen LogP contribution in [-0.4, -0.2) is 50.8 Å². The van der Waals surface area contributed by atoms with E-state index in [9.17, 15) is 4.79 Å². The molecule has 1 atom stereocenters. The van der Waals surface area contributed by atoms with Gasteiger partial charge in [0.2, 0.25) is 5.91 Å². The number of halogens is 1. The second-order valence-corrected chi connectivity index (χ2v) is 6.89. The molecule has 1 unspecified atom stereocenters. The minimum absolute atomic E-state index is 0.0178. The number of methoxy groups -OCH3 is 1. The van der Waals surface area contributed by atoms with Crippen LogP contribution < -0.4 is 10.1 Å². The molecule has 0 aromatic heterocycles. The van der Waals surface area contributed by atoms with Gasteiger partial charge >= 0.3 is 0 Å². The first kappa shape index (κ1) is 19.7. The molecule has 2 aromatic carbocycles. The Morgan fingerprint density at radius 1 is 1.19 bits per heavy atom. The molecule has 1 aliphatic heterocycles. The molecule has 2 aromatic rings. The van der Waals surface area contributed by atoms with Crippen LogP contribution in [0.4, 0.5) is 0 Å². The lowest BCUT2D eigenvalue weighted by Crippen LogP contribution is -2.44. The van der Waals surface area contributed by atoms with Crippen LogP contribution in [0.5, 0.6) is 5.75 Å². The van der Waals surface area contributed by atoms with Crippen LogP contribution in [0.15, 0.2) is 48.5 Å². The van der Waals surface area contributed by atoms with Crippen molar-refractivity contribution in [3.63, 3.8) is 0 Å². The number of rotatable bonds is 7. The van der Waals surface area contributed by atoms with E-state index in [-0.39, 0.29) is 18.4 Å². The van der Waals surface area contributed by atoms with Gasteiger partial charge in [0.15, 0.2) is 0 Å². The van der Waals surface area contributed by atoms with Gasteiger partial charge < -0.3 is 14.8 Å². The van der Waals surface area contributed by atoms with Gasteiger partial charge in [-0.05, 0) is 17.7 Å². The molecule has 5 nitrogen and oxygen atoms in total. The number of carbonyl (C=O) groups excluding carboxylic acids is 1. The first-order chi connectivity index (χ1) is 13.2. The molecule has 1 saturated heterocycles. The first-order valence-corrected chi connectivity index (χ1v) is 9.51. The van der Waals surface area contributed by atoms with E-state index in [1.165, 1.54) is 0 Å². The van der Waals surface area contributed by atoms with Gasteiger partial charge in [-0.3, -0.25) is 9.69 Å². The lowest BCUT2D eigenvalue weighted by Gasteiger charge is -2.35. The highest BCUT2D eigenvalue weighted by atomic mass is 35.5. The highest BCUT2D eigenvalue weighted by molar-refractivity contribution is 6.31. The zero-order chi connectivity index (χ0) is 19.1. The standard InChI is InChI=1S/C21H25ClN2O3/c1-26-20-9-5-2-6-16(20)14-21(25)23-15-19(24-10-12-27-13-11-24)17-7-3-4-8-18(17)22/h2-9,19H,10-15H2,1H3,(H,23,25). The van der Waals surface area contributed by atoms with E-state index in [1.807, 2.05) is 48.5 Å². The third-order valence-corrected chi connectivity index (χ3v) is 5.13. The Morgan fingerprint density at radius 2 is 1.89 bits per heavy atom. The minimum Gasteiger partial charge on any atom is -0.496 e. The lowest BCUT2D eigenvalue weighted by atomic mass is 10.0. The van der Waals surface area contributed by atoms with Crippen LogP contribution in [0.3, 0.4) is 0 Å². The fourth-order valence-electron chi connectivity index (χ4n) is 3.37. The molecular formula is C21H25ClN2O3. The fourth-order valence-corrected chi connectivity index (χ4v) is 3.63. The van der Waals surface area contributed by atoms with Crippen molar-refractivity contribution >= 4 is 17.5 Å². The molecule has 27 heavy (non-hydrogen) atoms. The monoisotopic (exact) mass is 388 g/mol. The van der Waals surface area contributed by atoms with Gasteiger partial charge in [-0.25, -0.2) is 0 Å². The van der Waals surface area contributed by atoms with Crippen molar-refractivity contribution in [2.45, 2.75) is 12.5 Å². The topological polar surface area (TPSA) is 50.8 Å². The Labute approximate surface area is 165 Å². The van der Waals surface area contributed by atoms with Crippen LogP contribution >= 0.6 is 11.6 Å². The molecule has 1 amide bonds. The molecule has 0 bridgehead atoms. The minimum atomic E-state index is -0.0372. The quantitative estimate of drug-likeness (QED) is 0.792. The molecular weight excluding hydrogens is 364 g/mol. The summed E-state index contributed by atoms with van der Waals surface area (Å²) in [5.74, 6) is 0.688. The summed E-state index contributed by atoms with van der Waals surface area (Å²) in [7, 11) is 1.61. The van der Waals surface area contributed by atoms with Gasteiger partial charge in [0, 0.05) is 30.2 Å². The first-order valence-electron chi connectivity index (χ1n) is 9.14. The van der Waals surface area contributed by atoms with Crippen molar-refractivity contribution in [1.82, 2.24) is 10.2 Å². The fraction of sp³-hybridized carbons (Fsp3) is 0.381. The van der Waals surface area contributed by atoms with Gasteiger partial charge in [-0.15, -0.1) is 0 Å². The maximum absolute atomic E-state index is 12.5. The summed E-state index contributed by atoms with van der Waals surface area (Å²) in [6.45, 7) is 3.51. The summed E-state index contributed by atoms with van der Waals surface area (Å²) in [5.41, 5.74) is 1.90. The van der Waals surface area contributed by atoms with Crippen molar-refractivity contribution in [2.24, 2.45) is 0 Å². The lowest BCUT2D eigenvalue weighted by molar-refractivity contribution is -0.120. The Hall–Kier alpha value is -2.08. The number of amides is 1. The third kappa shape index (κ3) is 5.22. The predicted octanol–water partition coefficient (Wildman–Crippen LogP) is 3.08. The molecule has 1 N–H and O–H groups in total. The zero-order valence-corrected chi connectivity index (χ0v) is 16.2. The van der Waals surface area contributed by atoms with Crippen molar-refractivity contribution in [1.29, 1.82) is 0 Å². The summed E-state index contributed by atoms with van der Waals surface area (Å²) in [6, 6.07) is 15.4. The Bertz CT molecular complexity index is 763. The van der Waals surface area contributed by atoms with Crippen LogP contribution in [0.25, 0.3) is 0 Å². The molecule has 6 heteroatoms. The van der Waals surface area contributed by atoms with Crippen molar-refractivity contribution in [3.05, 3.63) is 64.7 Å². The molecule has 144 valence electrons. The molecule has 1 heterocycles. The van der Waals surface area contributed by atoms with E-state index in [0.29, 0.717) is 24.8 Å². The Balaban J connectivity index is 1.69. The molecule has 0 saturated carbocycles. The van der Waals surface area contributed by atoms with E-state index in [0.717, 1.165) is 30.0 Å². The number of nitrogens with one attached hydrogen (secondary N) is 1. The van der Waals surface area contributed by atoms with Gasteiger partial charge in [-0.2, -0.15) is 0 Å². The highest BCUT2D eigenvalue weighted by Crippen LogP contribution is 2.28. The van der Waals surface area contributed by atoms with E-state index in [2.05, 4.69) is 10.2 Å². The van der Waals surface area contributed by atoms with Gasteiger partial charge in [0.25, 0.3) is 0 Å². The molecule has 1 fully saturated rings. The molecule has 0 radical (unpaired) electrons. The number of morpholine rings is 1. The van der Waals surface area contributed by atoms with E-state index >= 15 is 0 Å². The van der Waals surface area contributed by atoms with Gasteiger partial charge in [0.05, 0.1) is 32.8 Å². The van der Waals surface area contributed by atoms with Crippen molar-refractivity contribution < 1.29 is 14.3 Å². The predicted molar refractivity (Wildman–Crippen MR) is 106 cm³/mol. The average molecular weight is 389 g/mol. The smallest absolute Gasteiger partial charge is 0.224 e. The average Bonchev–Trinajstić information content (AvgIpc) is 2.70. The summed E-state index contributed by atoms with van der Waals surface area (Å²) in [4.78, 5) is 14.9. The largest absolute Gasteiger partial charge is 0.496 e. The maximum atomic E-state index is 12.5. The Morgan fingerprint density at radius 3 is 2.63 bits per heavy atom. The third-order valence-electron chi connectivity index (χ3n) is 4.79. The van der Waals surface area contributed by atoms with E-state index in [4.69, 9.17) is 21.1 Å². The molecule has 0 aliphatic carbocycles. The number of hydrogen-bond acceptors (Lipinski definition) is 4. The normalized spacial score (nSPS) is 15.9. The van der Waals surface area contributed by atoms with E-state index in [1.54, 1.807) is 7.11 Å². The summed E-state index contributed by atoms with van der Waals surface area (Å²) >= 11 is 6.44. The highest BCUT2D eigenvalue weighted by Gasteiger charge is 2.25. The molecule has 1 aliphatic rings. The number of nitrogens with zero attached hydrogens (tertiary/aromatic N) is 1. The SMILES string of the molecule is COc1ccccc1CC(=O)NCC(c1ccccc1Cl)N1CCOCC1. The second-order valence-electron chi connectivity index (χ2n) is 6.48. The number of ether oxygens (including phenoxy) is 2. The zero-order valence-electron chi connectivity index (χ0n) is 15.5. The Kier molecular flexibility index (Phi) is 7.10. The number of carbonyl (C=O) groups is 1. The summed E-state index contributed by atoms with van der Waals surface area (Å²) in [6.07, 6.45) is 0.280. The van der Waals surface area contributed by atoms with Crippen molar-refractivity contribution in [3.8, 4) is 5.75 Å².